The monoisotopic (exact) mass is 308 g/mol. The van der Waals surface area contributed by atoms with Gasteiger partial charge in [0.2, 0.25) is 0 Å². The van der Waals surface area contributed by atoms with Gasteiger partial charge in [0.25, 0.3) is 0 Å². The van der Waals surface area contributed by atoms with Crippen molar-refractivity contribution in [3.8, 4) is 0 Å². The van der Waals surface area contributed by atoms with Crippen molar-refractivity contribution < 1.29 is 9.90 Å². The Balaban J connectivity index is 2.40. The van der Waals surface area contributed by atoms with E-state index in [1.807, 2.05) is 18.4 Å². The van der Waals surface area contributed by atoms with E-state index in [1.165, 1.54) is 11.3 Å². The number of thiophene rings is 1. The van der Waals surface area contributed by atoms with E-state index in [0.717, 1.165) is 15.8 Å². The number of halogens is 1. The van der Waals surface area contributed by atoms with Crippen molar-refractivity contribution in [3.05, 3.63) is 20.8 Å². The first-order valence-corrected chi connectivity index (χ1v) is 7.36. The molecule has 0 aliphatic rings. The molecular formula is C10H13BrO2S2. The third-order valence-corrected chi connectivity index (χ3v) is 5.02. The smallest absolute Gasteiger partial charge is 0.183 e. The van der Waals surface area contributed by atoms with Gasteiger partial charge in [-0.1, -0.05) is 6.92 Å². The highest BCUT2D eigenvalue weighted by atomic mass is 79.9. The Kier molecular flexibility index (Phi) is 5.89. The second-order valence-electron chi connectivity index (χ2n) is 3.15. The molecule has 0 radical (unpaired) electrons. The number of carbonyl (C=O) groups is 1. The highest BCUT2D eigenvalue weighted by Crippen LogP contribution is 2.25. The molecule has 1 aromatic heterocycles. The summed E-state index contributed by atoms with van der Waals surface area (Å²) in [6.07, 6.45) is 0.740. The van der Waals surface area contributed by atoms with Crippen molar-refractivity contribution in [2.45, 2.75) is 18.6 Å². The van der Waals surface area contributed by atoms with Crippen LogP contribution < -0.4 is 0 Å². The zero-order valence-electron chi connectivity index (χ0n) is 8.40. The van der Waals surface area contributed by atoms with Crippen LogP contribution in [0.15, 0.2) is 15.9 Å². The number of hydrogen-bond donors (Lipinski definition) is 1. The summed E-state index contributed by atoms with van der Waals surface area (Å²) < 4.78 is 0.882. The molecule has 1 atom stereocenters. The Labute approximate surface area is 106 Å². The van der Waals surface area contributed by atoms with Crippen LogP contribution in [0.5, 0.6) is 0 Å². The number of aliphatic hydroxyl groups excluding tert-OH is 1. The summed E-state index contributed by atoms with van der Waals surface area (Å²) in [7, 11) is 0. The van der Waals surface area contributed by atoms with Gasteiger partial charge in [0.1, 0.15) is 0 Å². The predicted octanol–water partition coefficient (Wildman–Crippen LogP) is 3.20. The number of aliphatic hydroxyl groups is 1. The Morgan fingerprint density at radius 3 is 3.00 bits per heavy atom. The van der Waals surface area contributed by atoms with E-state index in [0.29, 0.717) is 11.0 Å². The lowest BCUT2D eigenvalue weighted by atomic mass is 10.3. The molecule has 84 valence electrons. The molecule has 0 saturated carbocycles. The fraction of sp³-hybridized carbons (Fsp3) is 0.500. The molecule has 1 unspecified atom stereocenters. The van der Waals surface area contributed by atoms with Crippen LogP contribution in [0.2, 0.25) is 0 Å². The quantitative estimate of drug-likeness (QED) is 0.820. The second kappa shape index (κ2) is 6.68. The molecule has 1 N–H and O–H groups in total. The van der Waals surface area contributed by atoms with Gasteiger partial charge in [-0.15, -0.1) is 11.3 Å². The average Bonchev–Trinajstić information content (AvgIpc) is 2.61. The van der Waals surface area contributed by atoms with E-state index in [4.69, 9.17) is 5.11 Å². The van der Waals surface area contributed by atoms with E-state index in [2.05, 4.69) is 15.9 Å². The molecule has 2 nitrogen and oxygen atoms in total. The molecule has 1 rings (SSSR count). The van der Waals surface area contributed by atoms with Gasteiger partial charge in [-0.05, 0) is 33.8 Å². The van der Waals surface area contributed by atoms with Crippen LogP contribution in [0.25, 0.3) is 0 Å². The number of carbonyl (C=O) groups excluding carboxylic acids is 1. The summed E-state index contributed by atoms with van der Waals surface area (Å²) in [6.45, 7) is 2.21. The summed E-state index contributed by atoms with van der Waals surface area (Å²) in [4.78, 5) is 12.5. The Hall–Kier alpha value is 0.160. The van der Waals surface area contributed by atoms with Crippen molar-refractivity contribution in [1.82, 2.24) is 0 Å². The lowest BCUT2D eigenvalue weighted by molar-refractivity contribution is 0.102. The first kappa shape index (κ1) is 13.2. The molecule has 0 aliphatic carbocycles. The van der Waals surface area contributed by atoms with Crippen molar-refractivity contribution in [2.75, 3.05) is 12.4 Å². The van der Waals surface area contributed by atoms with Crippen molar-refractivity contribution in [3.63, 3.8) is 0 Å². The zero-order valence-corrected chi connectivity index (χ0v) is 11.6. The number of rotatable bonds is 6. The Morgan fingerprint density at radius 2 is 2.47 bits per heavy atom. The number of thioether (sulfide) groups is 1. The maximum atomic E-state index is 11.7. The third kappa shape index (κ3) is 4.26. The molecule has 0 aromatic carbocycles. The zero-order chi connectivity index (χ0) is 11.3. The van der Waals surface area contributed by atoms with Crippen LogP contribution in [-0.2, 0) is 0 Å². The molecule has 0 spiro atoms. The highest BCUT2D eigenvalue weighted by Gasteiger charge is 2.13. The largest absolute Gasteiger partial charge is 0.396 e. The summed E-state index contributed by atoms with van der Waals surface area (Å²) >= 11 is 6.40. The summed E-state index contributed by atoms with van der Waals surface area (Å²) in [5.74, 6) is 0.645. The standard InChI is InChI=1S/C10H13BrO2S2/c1-7(2-4-12)15-6-9(13)10-8(11)3-5-14-10/h3,5,7,12H,2,4,6H2,1H3. The lowest BCUT2D eigenvalue weighted by Gasteiger charge is -2.07. The van der Waals surface area contributed by atoms with Gasteiger partial charge in [-0.3, -0.25) is 4.79 Å². The number of hydrogen-bond acceptors (Lipinski definition) is 4. The van der Waals surface area contributed by atoms with Crippen molar-refractivity contribution >= 4 is 44.8 Å². The molecule has 15 heavy (non-hydrogen) atoms. The normalized spacial score (nSPS) is 12.7. The maximum absolute atomic E-state index is 11.7. The van der Waals surface area contributed by atoms with Gasteiger partial charge in [0.15, 0.2) is 5.78 Å². The minimum Gasteiger partial charge on any atom is -0.396 e. The Morgan fingerprint density at radius 1 is 1.73 bits per heavy atom. The van der Waals surface area contributed by atoms with Gasteiger partial charge < -0.3 is 5.11 Å². The first-order chi connectivity index (χ1) is 7.15. The van der Waals surface area contributed by atoms with Crippen LogP contribution in [0.4, 0.5) is 0 Å². The molecule has 1 heterocycles. The third-order valence-electron chi connectivity index (χ3n) is 1.91. The van der Waals surface area contributed by atoms with Gasteiger partial charge in [-0.25, -0.2) is 0 Å². The van der Waals surface area contributed by atoms with Gasteiger partial charge in [0, 0.05) is 16.3 Å². The van der Waals surface area contributed by atoms with Gasteiger partial charge >= 0.3 is 0 Å². The topological polar surface area (TPSA) is 37.3 Å². The fourth-order valence-electron chi connectivity index (χ4n) is 1.04. The van der Waals surface area contributed by atoms with Gasteiger partial charge in [-0.2, -0.15) is 11.8 Å². The number of Topliss-reactive ketones (excluding diaryl/α,β-unsaturated/α-hetero) is 1. The predicted molar refractivity (Wildman–Crippen MR) is 70.0 cm³/mol. The summed E-state index contributed by atoms with van der Waals surface area (Å²) in [6, 6.07) is 1.89. The van der Waals surface area contributed by atoms with Crippen LogP contribution >= 0.6 is 39.0 Å². The molecule has 0 amide bonds. The molecule has 0 saturated heterocycles. The summed E-state index contributed by atoms with van der Waals surface area (Å²) in [5, 5.41) is 11.0. The molecule has 0 aliphatic heterocycles. The lowest BCUT2D eigenvalue weighted by Crippen LogP contribution is -2.06. The number of ketones is 1. The minimum absolute atomic E-state index is 0.159. The van der Waals surface area contributed by atoms with Crippen LogP contribution in [0.1, 0.15) is 23.0 Å². The SMILES string of the molecule is CC(CCO)SCC(=O)c1sccc1Br. The average molecular weight is 309 g/mol. The molecular weight excluding hydrogens is 296 g/mol. The van der Waals surface area contributed by atoms with Crippen LogP contribution in [0.3, 0.4) is 0 Å². The van der Waals surface area contributed by atoms with Crippen molar-refractivity contribution in [2.24, 2.45) is 0 Å². The van der Waals surface area contributed by atoms with Crippen molar-refractivity contribution in [1.29, 1.82) is 0 Å². The van der Waals surface area contributed by atoms with Gasteiger partial charge in [0.05, 0.1) is 10.6 Å². The van der Waals surface area contributed by atoms with Crippen LogP contribution in [-0.4, -0.2) is 28.5 Å². The minimum atomic E-state index is 0.159. The van der Waals surface area contributed by atoms with E-state index in [1.54, 1.807) is 11.8 Å². The molecule has 1 aromatic rings. The van der Waals surface area contributed by atoms with E-state index in [9.17, 15) is 4.79 Å². The molecule has 0 bridgehead atoms. The molecule has 0 fully saturated rings. The maximum Gasteiger partial charge on any atom is 0.183 e. The van der Waals surface area contributed by atoms with E-state index in [-0.39, 0.29) is 12.4 Å². The first-order valence-electron chi connectivity index (χ1n) is 4.63. The highest BCUT2D eigenvalue weighted by molar-refractivity contribution is 9.10. The summed E-state index contributed by atoms with van der Waals surface area (Å²) in [5.41, 5.74) is 0. The van der Waals surface area contributed by atoms with E-state index < -0.39 is 0 Å². The van der Waals surface area contributed by atoms with Crippen LogP contribution in [0, 0.1) is 0 Å². The Bertz CT molecular complexity index is 325. The fourth-order valence-corrected chi connectivity index (χ4v) is 3.52. The van der Waals surface area contributed by atoms with E-state index >= 15 is 0 Å². The second-order valence-corrected chi connectivity index (χ2v) is 6.35. The molecule has 5 heteroatoms.